The lowest BCUT2D eigenvalue weighted by atomic mass is 10.3. The summed E-state index contributed by atoms with van der Waals surface area (Å²) in [5, 5.41) is 3.41. The minimum absolute atomic E-state index is 0.168. The molecule has 0 saturated carbocycles. The van der Waals surface area contributed by atoms with Gasteiger partial charge in [0.05, 0.1) is 30.2 Å². The molecule has 2 aromatic rings. The average molecular weight is 386 g/mol. The molecule has 0 saturated heterocycles. The van der Waals surface area contributed by atoms with Crippen LogP contribution in [-0.4, -0.2) is 25.4 Å². The van der Waals surface area contributed by atoms with E-state index in [2.05, 4.69) is 5.32 Å². The third kappa shape index (κ3) is 4.72. The number of carbonyl (C=O) groups is 1. The molecular weight excluding hydrogens is 369 g/mol. The van der Waals surface area contributed by atoms with Gasteiger partial charge in [0, 0.05) is 9.92 Å². The molecule has 0 unspecified atom stereocenters. The van der Waals surface area contributed by atoms with Gasteiger partial charge < -0.3 is 14.8 Å². The average Bonchev–Trinajstić information content (AvgIpc) is 2.57. The number of methoxy groups -OCH3 is 2. The fourth-order valence-electron chi connectivity index (χ4n) is 1.98. The van der Waals surface area contributed by atoms with Crippen LogP contribution in [0.25, 0.3) is 0 Å². The lowest BCUT2D eigenvalue weighted by Gasteiger charge is -2.14. The van der Waals surface area contributed by atoms with Crippen molar-refractivity contribution < 1.29 is 14.3 Å². The maximum atomic E-state index is 12.4. The third-order valence-electron chi connectivity index (χ3n) is 3.22. The van der Waals surface area contributed by atoms with Gasteiger partial charge in [0.25, 0.3) is 0 Å². The van der Waals surface area contributed by atoms with Crippen molar-refractivity contribution in [2.24, 2.45) is 0 Å². The number of rotatable bonds is 6. The number of hydrogen-bond acceptors (Lipinski definition) is 4. The van der Waals surface area contributed by atoms with Crippen molar-refractivity contribution in [2.75, 3.05) is 19.5 Å². The number of hydrogen-bond donors (Lipinski definition) is 1. The zero-order chi connectivity index (χ0) is 17.7. The van der Waals surface area contributed by atoms with Crippen LogP contribution in [0, 0.1) is 0 Å². The van der Waals surface area contributed by atoms with Crippen LogP contribution in [0.2, 0.25) is 10.0 Å². The Bertz CT molecular complexity index is 740. The van der Waals surface area contributed by atoms with Crippen molar-refractivity contribution in [1.82, 2.24) is 0 Å². The largest absolute Gasteiger partial charge is 0.493 e. The van der Waals surface area contributed by atoms with Crippen molar-refractivity contribution in [3.63, 3.8) is 0 Å². The highest BCUT2D eigenvalue weighted by Crippen LogP contribution is 2.34. The monoisotopic (exact) mass is 385 g/mol. The molecule has 1 N–H and O–H groups in total. The van der Waals surface area contributed by atoms with Crippen LogP contribution in [-0.2, 0) is 4.79 Å². The van der Waals surface area contributed by atoms with E-state index in [0.717, 1.165) is 4.90 Å². The highest BCUT2D eigenvalue weighted by atomic mass is 35.5. The van der Waals surface area contributed by atoms with Crippen molar-refractivity contribution in [1.29, 1.82) is 0 Å². The second-order valence-corrected chi connectivity index (χ2v) is 7.15. The first-order valence-electron chi connectivity index (χ1n) is 7.09. The molecule has 0 aliphatic rings. The SMILES string of the molecule is COc1ccc(S[C@@H](C)C(=O)Nc2cc(Cl)ccc2Cl)cc1OC. The van der Waals surface area contributed by atoms with Crippen molar-refractivity contribution in [3.05, 3.63) is 46.4 Å². The van der Waals surface area contributed by atoms with Gasteiger partial charge in [-0.05, 0) is 43.3 Å². The van der Waals surface area contributed by atoms with E-state index in [1.807, 2.05) is 19.1 Å². The van der Waals surface area contributed by atoms with Crippen LogP contribution in [0.5, 0.6) is 11.5 Å². The zero-order valence-corrected chi connectivity index (χ0v) is 15.8. The van der Waals surface area contributed by atoms with Crippen LogP contribution < -0.4 is 14.8 Å². The Morgan fingerprint density at radius 1 is 1.08 bits per heavy atom. The second kappa shape index (κ2) is 8.51. The van der Waals surface area contributed by atoms with Gasteiger partial charge >= 0.3 is 0 Å². The molecule has 7 heteroatoms. The summed E-state index contributed by atoms with van der Waals surface area (Å²) < 4.78 is 10.5. The van der Waals surface area contributed by atoms with E-state index in [0.29, 0.717) is 27.2 Å². The Balaban J connectivity index is 2.07. The molecule has 0 aromatic heterocycles. The molecule has 0 fully saturated rings. The van der Waals surface area contributed by atoms with Crippen molar-refractivity contribution in [3.8, 4) is 11.5 Å². The Labute approximate surface area is 155 Å². The van der Waals surface area contributed by atoms with Crippen LogP contribution in [0.1, 0.15) is 6.92 Å². The van der Waals surface area contributed by atoms with E-state index >= 15 is 0 Å². The zero-order valence-electron chi connectivity index (χ0n) is 13.4. The number of anilines is 1. The molecule has 1 amide bonds. The van der Waals surface area contributed by atoms with Gasteiger partial charge in [-0.3, -0.25) is 4.79 Å². The normalized spacial score (nSPS) is 11.7. The predicted molar refractivity (Wildman–Crippen MR) is 100.0 cm³/mol. The number of benzene rings is 2. The van der Waals surface area contributed by atoms with E-state index in [4.69, 9.17) is 32.7 Å². The van der Waals surface area contributed by atoms with Gasteiger partial charge in [0.15, 0.2) is 11.5 Å². The summed E-state index contributed by atoms with van der Waals surface area (Å²) in [5.74, 6) is 1.09. The standard InChI is InChI=1S/C17H17Cl2NO3S/c1-10(17(21)20-14-8-11(18)4-6-13(14)19)24-12-5-7-15(22-2)16(9-12)23-3/h4-10H,1-3H3,(H,20,21)/t10-/m0/s1. The summed E-state index contributed by atoms with van der Waals surface area (Å²) in [5.41, 5.74) is 0.494. The molecule has 0 spiro atoms. The first kappa shape index (κ1) is 18.8. The molecule has 2 rings (SSSR count). The predicted octanol–water partition coefficient (Wildman–Crippen LogP) is 5.13. The fourth-order valence-corrected chi connectivity index (χ4v) is 3.21. The van der Waals surface area contributed by atoms with E-state index in [9.17, 15) is 4.79 Å². The van der Waals surface area contributed by atoms with Gasteiger partial charge in [-0.1, -0.05) is 23.2 Å². The summed E-state index contributed by atoms with van der Waals surface area (Å²) in [6.07, 6.45) is 0. The Hall–Kier alpha value is -1.56. The molecule has 2 aromatic carbocycles. The number of carbonyl (C=O) groups excluding carboxylic acids is 1. The highest BCUT2D eigenvalue weighted by Gasteiger charge is 2.17. The molecule has 0 aliphatic carbocycles. The van der Waals surface area contributed by atoms with E-state index in [1.165, 1.54) is 11.8 Å². The number of nitrogens with one attached hydrogen (secondary N) is 1. The third-order valence-corrected chi connectivity index (χ3v) is 4.88. The Kier molecular flexibility index (Phi) is 6.66. The van der Waals surface area contributed by atoms with Gasteiger partial charge in [0.2, 0.25) is 5.91 Å². The first-order chi connectivity index (χ1) is 11.4. The Morgan fingerprint density at radius 3 is 2.46 bits per heavy atom. The quantitative estimate of drug-likeness (QED) is 0.700. The topological polar surface area (TPSA) is 47.6 Å². The summed E-state index contributed by atoms with van der Waals surface area (Å²) in [6, 6.07) is 10.4. The fraction of sp³-hybridized carbons (Fsp3) is 0.235. The summed E-state index contributed by atoms with van der Waals surface area (Å²) in [7, 11) is 3.15. The minimum atomic E-state index is -0.335. The molecule has 24 heavy (non-hydrogen) atoms. The maximum absolute atomic E-state index is 12.4. The molecule has 1 atom stereocenters. The van der Waals surface area contributed by atoms with Crippen LogP contribution in [0.4, 0.5) is 5.69 Å². The number of thioether (sulfide) groups is 1. The minimum Gasteiger partial charge on any atom is -0.493 e. The first-order valence-corrected chi connectivity index (χ1v) is 8.72. The van der Waals surface area contributed by atoms with Crippen molar-refractivity contribution in [2.45, 2.75) is 17.1 Å². The Morgan fingerprint density at radius 2 is 1.79 bits per heavy atom. The van der Waals surface area contributed by atoms with Gasteiger partial charge in [-0.15, -0.1) is 11.8 Å². The summed E-state index contributed by atoms with van der Waals surface area (Å²) in [4.78, 5) is 13.3. The molecule has 0 radical (unpaired) electrons. The van der Waals surface area contributed by atoms with Crippen molar-refractivity contribution >= 4 is 46.6 Å². The van der Waals surface area contributed by atoms with E-state index in [-0.39, 0.29) is 11.2 Å². The van der Waals surface area contributed by atoms with Crippen LogP contribution in [0.15, 0.2) is 41.3 Å². The molecule has 0 heterocycles. The smallest absolute Gasteiger partial charge is 0.237 e. The van der Waals surface area contributed by atoms with E-state index < -0.39 is 0 Å². The number of ether oxygens (including phenoxy) is 2. The number of halogens is 2. The number of amides is 1. The van der Waals surface area contributed by atoms with Gasteiger partial charge in [-0.25, -0.2) is 0 Å². The lowest BCUT2D eigenvalue weighted by molar-refractivity contribution is -0.115. The second-order valence-electron chi connectivity index (χ2n) is 4.89. The highest BCUT2D eigenvalue weighted by molar-refractivity contribution is 8.00. The van der Waals surface area contributed by atoms with Gasteiger partial charge in [0.1, 0.15) is 0 Å². The molecule has 128 valence electrons. The lowest BCUT2D eigenvalue weighted by Crippen LogP contribution is -2.22. The van der Waals surface area contributed by atoms with Crippen LogP contribution in [0.3, 0.4) is 0 Å². The molecule has 4 nitrogen and oxygen atoms in total. The maximum Gasteiger partial charge on any atom is 0.237 e. The molecule has 0 bridgehead atoms. The molecule has 0 aliphatic heterocycles. The molecular formula is C17H17Cl2NO3S. The summed E-state index contributed by atoms with van der Waals surface area (Å²) in [6.45, 7) is 1.81. The van der Waals surface area contributed by atoms with Crippen LogP contribution >= 0.6 is 35.0 Å². The van der Waals surface area contributed by atoms with E-state index in [1.54, 1.807) is 38.5 Å². The summed E-state index contributed by atoms with van der Waals surface area (Å²) >= 11 is 13.4. The van der Waals surface area contributed by atoms with Gasteiger partial charge in [-0.2, -0.15) is 0 Å².